The van der Waals surface area contributed by atoms with E-state index in [1.54, 1.807) is 6.92 Å². The molecule has 1 fully saturated rings. The van der Waals surface area contributed by atoms with Gasteiger partial charge in [-0.15, -0.1) is 0 Å². The van der Waals surface area contributed by atoms with Crippen LogP contribution < -0.4 is 0 Å². The van der Waals surface area contributed by atoms with Crippen LogP contribution in [0.5, 0.6) is 0 Å². The zero-order valence-electron chi connectivity index (χ0n) is 7.72. The maximum absolute atomic E-state index is 11.4. The second-order valence-corrected chi connectivity index (χ2v) is 3.56. The number of carbonyl (C=O) groups is 2. The van der Waals surface area contributed by atoms with E-state index < -0.39 is 11.4 Å². The summed E-state index contributed by atoms with van der Waals surface area (Å²) in [4.78, 5) is 22.7. The molecule has 0 radical (unpaired) electrons. The highest BCUT2D eigenvalue weighted by Crippen LogP contribution is 2.40. The fourth-order valence-electron chi connectivity index (χ4n) is 1.70. The lowest BCUT2D eigenvalue weighted by molar-refractivity contribution is -0.157. The minimum absolute atomic E-state index is 0.0156. The number of esters is 1. The van der Waals surface area contributed by atoms with E-state index in [2.05, 4.69) is 4.74 Å². The van der Waals surface area contributed by atoms with E-state index in [0.29, 0.717) is 6.42 Å². The van der Waals surface area contributed by atoms with Crippen molar-refractivity contribution in [2.45, 2.75) is 26.7 Å². The molecule has 1 unspecified atom stereocenters. The number of methoxy groups -OCH3 is 1. The van der Waals surface area contributed by atoms with Gasteiger partial charge >= 0.3 is 5.97 Å². The van der Waals surface area contributed by atoms with E-state index in [0.717, 1.165) is 6.42 Å². The fourth-order valence-corrected chi connectivity index (χ4v) is 1.70. The molecule has 0 N–H and O–H groups in total. The molecule has 1 rings (SSSR count). The van der Waals surface area contributed by atoms with Crippen molar-refractivity contribution in [2.75, 3.05) is 7.11 Å². The third kappa shape index (κ3) is 1.04. The van der Waals surface area contributed by atoms with E-state index in [4.69, 9.17) is 0 Å². The second kappa shape index (κ2) is 2.88. The molecule has 0 bridgehead atoms. The van der Waals surface area contributed by atoms with Gasteiger partial charge in [0, 0.05) is 6.42 Å². The second-order valence-electron chi connectivity index (χ2n) is 3.56. The SMILES string of the molecule is COC(=O)[C@]1(C)C(=O)CCC1C. The first kappa shape index (κ1) is 9.23. The molecule has 2 atom stereocenters. The van der Waals surface area contributed by atoms with Gasteiger partial charge in [0.2, 0.25) is 0 Å². The molecular weight excluding hydrogens is 156 g/mol. The molecule has 68 valence electrons. The van der Waals surface area contributed by atoms with Crippen molar-refractivity contribution in [1.29, 1.82) is 0 Å². The molecule has 3 nitrogen and oxygen atoms in total. The van der Waals surface area contributed by atoms with Gasteiger partial charge < -0.3 is 4.74 Å². The third-order valence-corrected chi connectivity index (χ3v) is 2.98. The molecule has 0 aromatic carbocycles. The zero-order chi connectivity index (χ0) is 9.35. The maximum atomic E-state index is 11.4. The first-order valence-electron chi connectivity index (χ1n) is 4.15. The molecule has 0 aromatic heterocycles. The van der Waals surface area contributed by atoms with E-state index in [-0.39, 0.29) is 11.7 Å². The van der Waals surface area contributed by atoms with Gasteiger partial charge in [-0.05, 0) is 19.3 Å². The lowest BCUT2D eigenvalue weighted by Gasteiger charge is -2.23. The average molecular weight is 170 g/mol. The predicted octanol–water partition coefficient (Wildman–Crippen LogP) is 1.16. The quantitative estimate of drug-likeness (QED) is 0.438. The van der Waals surface area contributed by atoms with Crippen LogP contribution in [-0.2, 0) is 14.3 Å². The first-order chi connectivity index (χ1) is 5.53. The summed E-state index contributed by atoms with van der Waals surface area (Å²) in [5, 5.41) is 0. The van der Waals surface area contributed by atoms with Crippen LogP contribution in [0.15, 0.2) is 0 Å². The summed E-state index contributed by atoms with van der Waals surface area (Å²) in [5.74, 6) is -0.267. The first-order valence-corrected chi connectivity index (χ1v) is 4.15. The Kier molecular flexibility index (Phi) is 2.22. The molecule has 0 aromatic rings. The van der Waals surface area contributed by atoms with Crippen molar-refractivity contribution in [3.8, 4) is 0 Å². The number of ketones is 1. The molecule has 1 aliphatic rings. The molecule has 3 heteroatoms. The van der Waals surface area contributed by atoms with E-state index in [1.165, 1.54) is 7.11 Å². The Hall–Kier alpha value is -0.860. The highest BCUT2D eigenvalue weighted by Gasteiger charge is 2.50. The van der Waals surface area contributed by atoms with Crippen molar-refractivity contribution in [3.05, 3.63) is 0 Å². The Labute approximate surface area is 72.1 Å². The van der Waals surface area contributed by atoms with Crippen molar-refractivity contribution in [2.24, 2.45) is 11.3 Å². The topological polar surface area (TPSA) is 43.4 Å². The smallest absolute Gasteiger partial charge is 0.319 e. The van der Waals surface area contributed by atoms with Gasteiger partial charge in [-0.25, -0.2) is 0 Å². The Balaban J connectivity index is 2.94. The van der Waals surface area contributed by atoms with E-state index in [9.17, 15) is 9.59 Å². The van der Waals surface area contributed by atoms with Crippen molar-refractivity contribution >= 4 is 11.8 Å². The van der Waals surface area contributed by atoms with Crippen LogP contribution >= 0.6 is 0 Å². The van der Waals surface area contributed by atoms with Gasteiger partial charge in [0.1, 0.15) is 11.2 Å². The predicted molar refractivity (Wildman–Crippen MR) is 43.5 cm³/mol. The monoisotopic (exact) mass is 170 g/mol. The number of hydrogen-bond acceptors (Lipinski definition) is 3. The van der Waals surface area contributed by atoms with Crippen LogP contribution in [0, 0.1) is 11.3 Å². The normalized spacial score (nSPS) is 35.2. The standard InChI is InChI=1S/C9H14O3/c1-6-4-5-7(10)9(6,2)8(11)12-3/h6H,4-5H2,1-3H3/t6?,9-/m0/s1. The van der Waals surface area contributed by atoms with Crippen LogP contribution in [0.1, 0.15) is 26.7 Å². The van der Waals surface area contributed by atoms with Crippen molar-refractivity contribution in [3.63, 3.8) is 0 Å². The number of carbonyl (C=O) groups excluding carboxylic acids is 2. The molecule has 1 aliphatic carbocycles. The maximum Gasteiger partial charge on any atom is 0.319 e. The van der Waals surface area contributed by atoms with Crippen molar-refractivity contribution in [1.82, 2.24) is 0 Å². The number of hydrogen-bond donors (Lipinski definition) is 0. The third-order valence-electron chi connectivity index (χ3n) is 2.98. The molecule has 0 heterocycles. The van der Waals surface area contributed by atoms with Crippen LogP contribution in [0.3, 0.4) is 0 Å². The Morgan fingerprint density at radius 3 is 2.58 bits per heavy atom. The molecule has 0 aliphatic heterocycles. The Bertz CT molecular complexity index is 222. The summed E-state index contributed by atoms with van der Waals surface area (Å²) in [6, 6.07) is 0. The largest absolute Gasteiger partial charge is 0.468 e. The van der Waals surface area contributed by atoms with Gasteiger partial charge in [-0.1, -0.05) is 6.92 Å². The van der Waals surface area contributed by atoms with Gasteiger partial charge in [0.25, 0.3) is 0 Å². The van der Waals surface area contributed by atoms with Gasteiger partial charge in [-0.3, -0.25) is 9.59 Å². The summed E-state index contributed by atoms with van der Waals surface area (Å²) >= 11 is 0. The summed E-state index contributed by atoms with van der Waals surface area (Å²) in [6.07, 6.45) is 1.30. The number of ether oxygens (including phenoxy) is 1. The lowest BCUT2D eigenvalue weighted by atomic mass is 9.80. The average Bonchev–Trinajstić information content (AvgIpc) is 2.32. The van der Waals surface area contributed by atoms with Crippen LogP contribution in [0.2, 0.25) is 0 Å². The van der Waals surface area contributed by atoms with Crippen LogP contribution in [-0.4, -0.2) is 18.9 Å². The highest BCUT2D eigenvalue weighted by molar-refractivity contribution is 6.05. The summed E-state index contributed by atoms with van der Waals surface area (Å²) in [6.45, 7) is 3.60. The fraction of sp³-hybridized carbons (Fsp3) is 0.778. The summed E-state index contributed by atoms with van der Waals surface area (Å²) < 4.78 is 4.62. The van der Waals surface area contributed by atoms with Crippen LogP contribution in [0.4, 0.5) is 0 Å². The van der Waals surface area contributed by atoms with E-state index in [1.807, 2.05) is 6.92 Å². The summed E-state index contributed by atoms with van der Waals surface area (Å²) in [5.41, 5.74) is -0.880. The lowest BCUT2D eigenvalue weighted by Crippen LogP contribution is -2.37. The van der Waals surface area contributed by atoms with E-state index >= 15 is 0 Å². The minimum Gasteiger partial charge on any atom is -0.468 e. The van der Waals surface area contributed by atoms with Gasteiger partial charge in [0.05, 0.1) is 7.11 Å². The zero-order valence-corrected chi connectivity index (χ0v) is 7.72. The van der Waals surface area contributed by atoms with Gasteiger partial charge in [-0.2, -0.15) is 0 Å². The summed E-state index contributed by atoms with van der Waals surface area (Å²) in [7, 11) is 1.33. The molecule has 0 amide bonds. The molecule has 12 heavy (non-hydrogen) atoms. The van der Waals surface area contributed by atoms with Crippen molar-refractivity contribution < 1.29 is 14.3 Å². The molecule has 1 saturated carbocycles. The van der Waals surface area contributed by atoms with Gasteiger partial charge in [0.15, 0.2) is 0 Å². The minimum atomic E-state index is -0.880. The number of rotatable bonds is 1. The molecule has 0 saturated heterocycles. The Morgan fingerprint density at radius 1 is 1.67 bits per heavy atom. The molecular formula is C9H14O3. The Morgan fingerprint density at radius 2 is 2.25 bits per heavy atom. The molecule has 0 spiro atoms. The highest BCUT2D eigenvalue weighted by atomic mass is 16.5. The number of Topliss-reactive ketones (excluding diaryl/α,β-unsaturated/α-hetero) is 1. The van der Waals surface area contributed by atoms with Crippen LogP contribution in [0.25, 0.3) is 0 Å².